The lowest BCUT2D eigenvalue weighted by molar-refractivity contribution is -0.116. The first kappa shape index (κ1) is 22.5. The van der Waals surface area contributed by atoms with E-state index >= 15 is 0 Å². The number of rotatable bonds is 7. The van der Waals surface area contributed by atoms with Gasteiger partial charge in [-0.3, -0.25) is 9.59 Å². The molecule has 3 N–H and O–H groups in total. The van der Waals surface area contributed by atoms with E-state index in [-0.39, 0.29) is 17.4 Å². The normalized spacial score (nSPS) is 15.2. The Morgan fingerprint density at radius 1 is 0.970 bits per heavy atom. The number of fused-ring (bicyclic) bond motifs is 1. The molecular weight excluding hydrogens is 438 g/mol. The third-order valence-corrected chi connectivity index (χ3v) is 7.13. The van der Waals surface area contributed by atoms with E-state index < -0.39 is 21.8 Å². The van der Waals surface area contributed by atoms with Crippen molar-refractivity contribution < 1.29 is 18.0 Å². The number of hydrogen-bond acceptors (Lipinski definition) is 5. The van der Waals surface area contributed by atoms with E-state index in [1.165, 1.54) is 0 Å². The molecule has 0 aromatic heterocycles. The van der Waals surface area contributed by atoms with Gasteiger partial charge in [0, 0.05) is 12.1 Å². The zero-order valence-corrected chi connectivity index (χ0v) is 19.0. The van der Waals surface area contributed by atoms with Crippen LogP contribution < -0.4 is 16.0 Å². The third kappa shape index (κ3) is 5.59. The van der Waals surface area contributed by atoms with Crippen LogP contribution in [0.15, 0.2) is 72.8 Å². The molecule has 3 aromatic rings. The number of nitrogens with one attached hydrogen (secondary N) is 3. The fraction of sp³-hybridized carbons (Fsp3) is 0.200. The van der Waals surface area contributed by atoms with E-state index in [1.807, 2.05) is 49.4 Å². The zero-order chi connectivity index (χ0) is 23.4. The highest BCUT2D eigenvalue weighted by molar-refractivity contribution is 7.90. The topological polar surface area (TPSA) is 104 Å². The van der Waals surface area contributed by atoms with Crippen molar-refractivity contribution in [3.8, 4) is 0 Å². The summed E-state index contributed by atoms with van der Waals surface area (Å²) in [5.74, 6) is -1.17. The minimum absolute atomic E-state index is 0.126. The minimum Gasteiger partial charge on any atom is -0.371 e. The molecule has 3 aromatic carbocycles. The minimum atomic E-state index is -3.53. The summed E-state index contributed by atoms with van der Waals surface area (Å²) in [5.41, 5.74) is 4.02. The van der Waals surface area contributed by atoms with Crippen molar-refractivity contribution in [1.29, 1.82) is 0 Å². The SMILES string of the molecule is Cc1ccccc1CS(=O)(=O)CC1Nc2ccc(C(=O)NCc3ccccc3)cc2NC1=O. The van der Waals surface area contributed by atoms with Gasteiger partial charge in [-0.05, 0) is 41.8 Å². The lowest BCUT2D eigenvalue weighted by atomic mass is 10.1. The van der Waals surface area contributed by atoms with Crippen LogP contribution in [0.2, 0.25) is 0 Å². The highest BCUT2D eigenvalue weighted by atomic mass is 32.2. The fourth-order valence-electron chi connectivity index (χ4n) is 3.71. The first-order valence-electron chi connectivity index (χ1n) is 10.6. The molecular formula is C25H25N3O4S. The van der Waals surface area contributed by atoms with Crippen LogP contribution in [0.4, 0.5) is 11.4 Å². The smallest absolute Gasteiger partial charge is 0.251 e. The van der Waals surface area contributed by atoms with Crippen molar-refractivity contribution in [1.82, 2.24) is 5.32 Å². The second kappa shape index (κ2) is 9.46. The van der Waals surface area contributed by atoms with E-state index in [1.54, 1.807) is 30.3 Å². The zero-order valence-electron chi connectivity index (χ0n) is 18.2. The molecule has 0 saturated carbocycles. The number of carbonyl (C=O) groups is 2. The van der Waals surface area contributed by atoms with Gasteiger partial charge >= 0.3 is 0 Å². The van der Waals surface area contributed by atoms with Crippen LogP contribution in [-0.2, 0) is 26.9 Å². The monoisotopic (exact) mass is 463 g/mol. The Morgan fingerprint density at radius 3 is 2.45 bits per heavy atom. The summed E-state index contributed by atoms with van der Waals surface area (Å²) in [4.78, 5) is 25.1. The number of aryl methyl sites for hydroxylation is 1. The van der Waals surface area contributed by atoms with Crippen LogP contribution >= 0.6 is 0 Å². The Hall–Kier alpha value is -3.65. The van der Waals surface area contributed by atoms with Crippen molar-refractivity contribution in [3.63, 3.8) is 0 Å². The summed E-state index contributed by atoms with van der Waals surface area (Å²) in [6.45, 7) is 2.25. The van der Waals surface area contributed by atoms with E-state index in [2.05, 4.69) is 16.0 Å². The van der Waals surface area contributed by atoms with Crippen molar-refractivity contribution in [2.24, 2.45) is 0 Å². The molecule has 33 heavy (non-hydrogen) atoms. The molecule has 1 heterocycles. The number of amides is 2. The lowest BCUT2D eigenvalue weighted by Gasteiger charge is -2.27. The van der Waals surface area contributed by atoms with Crippen molar-refractivity contribution in [2.75, 3.05) is 16.4 Å². The van der Waals surface area contributed by atoms with E-state index in [0.29, 0.717) is 23.5 Å². The van der Waals surface area contributed by atoms with Gasteiger partial charge < -0.3 is 16.0 Å². The van der Waals surface area contributed by atoms with Gasteiger partial charge in [0.25, 0.3) is 5.91 Å². The number of benzene rings is 3. The Balaban J connectivity index is 1.42. The van der Waals surface area contributed by atoms with E-state index in [0.717, 1.165) is 16.7 Å². The van der Waals surface area contributed by atoms with E-state index in [4.69, 9.17) is 0 Å². The molecule has 1 aliphatic heterocycles. The van der Waals surface area contributed by atoms with Gasteiger partial charge in [0.1, 0.15) is 6.04 Å². The van der Waals surface area contributed by atoms with Crippen molar-refractivity contribution in [2.45, 2.75) is 25.3 Å². The highest BCUT2D eigenvalue weighted by Crippen LogP contribution is 2.28. The molecule has 1 unspecified atom stereocenters. The summed E-state index contributed by atoms with van der Waals surface area (Å²) < 4.78 is 25.5. The molecule has 170 valence electrons. The van der Waals surface area contributed by atoms with Crippen molar-refractivity contribution in [3.05, 3.63) is 95.1 Å². The molecule has 0 saturated heterocycles. The van der Waals surface area contributed by atoms with Gasteiger partial charge in [-0.2, -0.15) is 0 Å². The molecule has 0 radical (unpaired) electrons. The first-order valence-corrected chi connectivity index (χ1v) is 12.4. The predicted molar refractivity (Wildman–Crippen MR) is 129 cm³/mol. The third-order valence-electron chi connectivity index (χ3n) is 5.54. The molecule has 0 fully saturated rings. The molecule has 7 nitrogen and oxygen atoms in total. The predicted octanol–water partition coefficient (Wildman–Crippen LogP) is 3.27. The fourth-order valence-corrected chi connectivity index (χ4v) is 5.37. The average Bonchev–Trinajstić information content (AvgIpc) is 2.79. The van der Waals surface area contributed by atoms with Gasteiger partial charge in [0.15, 0.2) is 9.84 Å². The molecule has 0 spiro atoms. The standard InChI is InChI=1S/C25H25N3O4S/c1-17-7-5-6-10-20(17)15-33(31,32)16-23-25(30)28-22-13-19(11-12-21(22)27-23)24(29)26-14-18-8-3-2-4-9-18/h2-13,23,27H,14-16H2,1H3,(H,26,29)(H,28,30). The Kier molecular flexibility index (Phi) is 6.46. The Morgan fingerprint density at radius 2 is 1.70 bits per heavy atom. The highest BCUT2D eigenvalue weighted by Gasteiger charge is 2.30. The molecule has 4 rings (SSSR count). The Labute approximate surface area is 193 Å². The number of sulfone groups is 1. The van der Waals surface area contributed by atoms with Crippen LogP contribution in [0.25, 0.3) is 0 Å². The second-order valence-corrected chi connectivity index (χ2v) is 10.2. The molecule has 2 amide bonds. The second-order valence-electron chi connectivity index (χ2n) is 8.10. The average molecular weight is 464 g/mol. The maximum atomic E-state index is 12.7. The van der Waals surface area contributed by atoms with Crippen molar-refractivity contribution >= 4 is 33.0 Å². The maximum Gasteiger partial charge on any atom is 0.251 e. The molecule has 8 heteroatoms. The summed E-state index contributed by atoms with van der Waals surface area (Å²) in [6, 6.07) is 20.8. The summed E-state index contributed by atoms with van der Waals surface area (Å²) in [6.07, 6.45) is 0. The largest absolute Gasteiger partial charge is 0.371 e. The van der Waals surface area contributed by atoms with Gasteiger partial charge in [-0.1, -0.05) is 54.6 Å². The molecule has 1 aliphatic rings. The van der Waals surface area contributed by atoms with Crippen LogP contribution in [0.1, 0.15) is 27.0 Å². The van der Waals surface area contributed by atoms with Crippen LogP contribution in [0.3, 0.4) is 0 Å². The van der Waals surface area contributed by atoms with Gasteiger partial charge in [-0.25, -0.2) is 8.42 Å². The molecule has 0 bridgehead atoms. The molecule has 0 aliphatic carbocycles. The number of carbonyl (C=O) groups excluding carboxylic acids is 2. The summed E-state index contributed by atoms with van der Waals surface area (Å²) in [7, 11) is -3.53. The number of hydrogen-bond donors (Lipinski definition) is 3. The lowest BCUT2D eigenvalue weighted by Crippen LogP contribution is -2.43. The summed E-state index contributed by atoms with van der Waals surface area (Å²) >= 11 is 0. The van der Waals surface area contributed by atoms with E-state index in [9.17, 15) is 18.0 Å². The van der Waals surface area contributed by atoms with Gasteiger partial charge in [-0.15, -0.1) is 0 Å². The first-order chi connectivity index (χ1) is 15.8. The van der Waals surface area contributed by atoms with Gasteiger partial charge in [0.2, 0.25) is 5.91 Å². The quantitative estimate of drug-likeness (QED) is 0.499. The number of anilines is 2. The van der Waals surface area contributed by atoms with Crippen LogP contribution in [0, 0.1) is 6.92 Å². The maximum absolute atomic E-state index is 12.7. The summed E-state index contributed by atoms with van der Waals surface area (Å²) in [5, 5.41) is 8.58. The van der Waals surface area contributed by atoms with Crippen LogP contribution in [0.5, 0.6) is 0 Å². The van der Waals surface area contributed by atoms with Gasteiger partial charge in [0.05, 0.1) is 22.9 Å². The molecule has 1 atom stereocenters. The Bertz CT molecular complexity index is 1290. The van der Waals surface area contributed by atoms with Crippen LogP contribution in [-0.4, -0.2) is 32.0 Å².